The molecule has 0 unspecified atom stereocenters. The highest BCUT2D eigenvalue weighted by molar-refractivity contribution is 6.04. The van der Waals surface area contributed by atoms with E-state index in [1.807, 2.05) is 49.4 Å². The van der Waals surface area contributed by atoms with Gasteiger partial charge >= 0.3 is 0 Å². The fourth-order valence-corrected chi connectivity index (χ4v) is 3.00. The summed E-state index contributed by atoms with van der Waals surface area (Å²) < 4.78 is 0. The van der Waals surface area contributed by atoms with Gasteiger partial charge in [-0.15, -0.1) is 0 Å². The van der Waals surface area contributed by atoms with Crippen LogP contribution in [0.25, 0.3) is 10.9 Å². The number of benzene rings is 2. The molecule has 4 rings (SSSR count). The molecule has 3 N–H and O–H groups in total. The number of nitrogens with one attached hydrogen (secondary N) is 3. The van der Waals surface area contributed by atoms with Crippen molar-refractivity contribution in [3.8, 4) is 0 Å². The number of para-hydroxylation sites is 1. The lowest BCUT2D eigenvalue weighted by Gasteiger charge is -2.14. The summed E-state index contributed by atoms with van der Waals surface area (Å²) in [7, 11) is 0. The summed E-state index contributed by atoms with van der Waals surface area (Å²) in [4.78, 5) is 24.0. The van der Waals surface area contributed by atoms with Crippen LogP contribution in [-0.4, -0.2) is 22.0 Å². The summed E-state index contributed by atoms with van der Waals surface area (Å²) in [6.45, 7) is 1.92. The molecule has 3 aromatic rings. The smallest absolute Gasteiger partial charge is 0.272 e. The average Bonchev–Trinajstić information content (AvgIpc) is 3.16. The predicted octanol–water partition coefficient (Wildman–Crippen LogP) is 2.55. The average molecular weight is 320 g/mol. The van der Waals surface area contributed by atoms with E-state index in [4.69, 9.17) is 0 Å². The van der Waals surface area contributed by atoms with Crippen molar-refractivity contribution < 1.29 is 9.59 Å². The lowest BCUT2D eigenvalue weighted by molar-refractivity contribution is -0.115. The van der Waals surface area contributed by atoms with Gasteiger partial charge in [-0.2, -0.15) is 5.10 Å². The highest BCUT2D eigenvalue weighted by atomic mass is 16.2. The molecule has 0 saturated carbocycles. The number of rotatable bonds is 3. The van der Waals surface area contributed by atoms with Crippen LogP contribution in [0.2, 0.25) is 0 Å². The largest absolute Gasteiger partial charge is 0.344 e. The topological polar surface area (TPSA) is 86.9 Å². The number of anilines is 1. The Kier molecular flexibility index (Phi) is 3.30. The van der Waals surface area contributed by atoms with Gasteiger partial charge in [-0.1, -0.05) is 30.3 Å². The summed E-state index contributed by atoms with van der Waals surface area (Å²) in [5, 5.41) is 13.6. The molecule has 1 aliphatic rings. The Morgan fingerprint density at radius 3 is 2.96 bits per heavy atom. The van der Waals surface area contributed by atoms with Crippen LogP contribution < -0.4 is 10.6 Å². The Morgan fingerprint density at radius 1 is 1.25 bits per heavy atom. The highest BCUT2D eigenvalue weighted by Crippen LogP contribution is 2.26. The molecule has 120 valence electrons. The van der Waals surface area contributed by atoms with Crippen molar-refractivity contribution in [2.24, 2.45) is 0 Å². The SMILES string of the molecule is C[C@@H](NC(=O)c1n[nH]c2ccccc12)c1ccc2c(c1)CC(=O)N2. The van der Waals surface area contributed by atoms with E-state index in [-0.39, 0.29) is 17.9 Å². The van der Waals surface area contributed by atoms with Crippen LogP contribution >= 0.6 is 0 Å². The van der Waals surface area contributed by atoms with Gasteiger partial charge in [0.05, 0.1) is 18.0 Å². The molecule has 0 fully saturated rings. The van der Waals surface area contributed by atoms with Gasteiger partial charge in [0.2, 0.25) is 5.91 Å². The number of aromatic nitrogens is 2. The molecule has 0 bridgehead atoms. The number of carbonyl (C=O) groups is 2. The van der Waals surface area contributed by atoms with Gasteiger partial charge in [-0.3, -0.25) is 14.7 Å². The zero-order chi connectivity index (χ0) is 16.7. The van der Waals surface area contributed by atoms with E-state index in [9.17, 15) is 9.59 Å². The van der Waals surface area contributed by atoms with Crippen LogP contribution in [0.4, 0.5) is 5.69 Å². The third kappa shape index (κ3) is 2.42. The van der Waals surface area contributed by atoms with Gasteiger partial charge in [0, 0.05) is 11.1 Å². The molecule has 6 nitrogen and oxygen atoms in total. The number of amides is 2. The van der Waals surface area contributed by atoms with E-state index in [0.29, 0.717) is 12.1 Å². The number of fused-ring (bicyclic) bond motifs is 2. The van der Waals surface area contributed by atoms with Crippen LogP contribution in [-0.2, 0) is 11.2 Å². The van der Waals surface area contributed by atoms with Gasteiger partial charge < -0.3 is 10.6 Å². The van der Waals surface area contributed by atoms with Gasteiger partial charge in [0.25, 0.3) is 5.91 Å². The minimum atomic E-state index is -0.227. The molecule has 2 heterocycles. The third-order valence-electron chi connectivity index (χ3n) is 4.29. The van der Waals surface area contributed by atoms with Crippen molar-refractivity contribution in [3.05, 3.63) is 59.3 Å². The molecule has 24 heavy (non-hydrogen) atoms. The van der Waals surface area contributed by atoms with E-state index < -0.39 is 0 Å². The van der Waals surface area contributed by atoms with Crippen LogP contribution in [0.5, 0.6) is 0 Å². The monoisotopic (exact) mass is 320 g/mol. The molecule has 0 spiro atoms. The summed E-state index contributed by atoms with van der Waals surface area (Å²) in [5.41, 5.74) is 3.98. The second kappa shape index (κ2) is 5.49. The van der Waals surface area contributed by atoms with E-state index >= 15 is 0 Å². The number of aromatic amines is 1. The van der Waals surface area contributed by atoms with Crippen molar-refractivity contribution in [1.29, 1.82) is 0 Å². The van der Waals surface area contributed by atoms with Crippen molar-refractivity contribution in [2.45, 2.75) is 19.4 Å². The third-order valence-corrected chi connectivity index (χ3v) is 4.29. The van der Waals surface area contributed by atoms with Crippen molar-refractivity contribution >= 4 is 28.4 Å². The van der Waals surface area contributed by atoms with E-state index in [0.717, 1.165) is 27.7 Å². The molecular formula is C18H16N4O2. The Balaban J connectivity index is 1.56. The summed E-state index contributed by atoms with van der Waals surface area (Å²) in [5.74, 6) is -0.225. The maximum absolute atomic E-state index is 12.5. The first-order chi connectivity index (χ1) is 11.6. The lowest BCUT2D eigenvalue weighted by Crippen LogP contribution is -2.27. The second-order valence-electron chi connectivity index (χ2n) is 5.95. The molecule has 0 aliphatic carbocycles. The quantitative estimate of drug-likeness (QED) is 0.693. The molecule has 1 atom stereocenters. The molecule has 1 aromatic heterocycles. The standard InChI is InChI=1S/C18H16N4O2/c1-10(11-6-7-14-12(8-11)9-16(23)20-14)19-18(24)17-13-4-2-3-5-15(13)21-22-17/h2-8,10H,9H2,1H3,(H,19,24)(H,20,23)(H,21,22)/t10-/m1/s1. The Bertz CT molecular complexity index is 961. The lowest BCUT2D eigenvalue weighted by atomic mass is 10.0. The molecule has 2 aromatic carbocycles. The van der Waals surface area contributed by atoms with Gasteiger partial charge in [0.15, 0.2) is 5.69 Å². The second-order valence-corrected chi connectivity index (χ2v) is 5.95. The number of hydrogen-bond acceptors (Lipinski definition) is 3. The Morgan fingerprint density at radius 2 is 2.08 bits per heavy atom. The zero-order valence-electron chi connectivity index (χ0n) is 13.1. The first-order valence-electron chi connectivity index (χ1n) is 7.78. The van der Waals surface area contributed by atoms with Crippen LogP contribution in [0.3, 0.4) is 0 Å². The normalized spacial score (nSPS) is 14.3. The summed E-state index contributed by atoms with van der Waals surface area (Å²) in [6, 6.07) is 13.1. The van der Waals surface area contributed by atoms with E-state index in [1.165, 1.54) is 0 Å². The van der Waals surface area contributed by atoms with E-state index in [1.54, 1.807) is 0 Å². The number of nitrogens with zero attached hydrogens (tertiary/aromatic N) is 1. The Labute approximate surface area is 138 Å². The van der Waals surface area contributed by atoms with Gasteiger partial charge in [-0.05, 0) is 30.2 Å². The first-order valence-corrected chi connectivity index (χ1v) is 7.78. The minimum Gasteiger partial charge on any atom is -0.344 e. The van der Waals surface area contributed by atoms with Crippen LogP contribution in [0, 0.1) is 0 Å². The fraction of sp³-hybridized carbons (Fsp3) is 0.167. The molecule has 1 aliphatic heterocycles. The number of H-pyrrole nitrogens is 1. The molecule has 2 amide bonds. The van der Waals surface area contributed by atoms with Crippen molar-refractivity contribution in [1.82, 2.24) is 15.5 Å². The number of carbonyl (C=O) groups excluding carboxylic acids is 2. The molecule has 6 heteroatoms. The molecular weight excluding hydrogens is 304 g/mol. The fourth-order valence-electron chi connectivity index (χ4n) is 3.00. The minimum absolute atomic E-state index is 0.00170. The molecule has 0 radical (unpaired) electrons. The zero-order valence-corrected chi connectivity index (χ0v) is 13.1. The highest BCUT2D eigenvalue weighted by Gasteiger charge is 2.20. The van der Waals surface area contributed by atoms with Gasteiger partial charge in [-0.25, -0.2) is 0 Å². The van der Waals surface area contributed by atoms with Gasteiger partial charge in [0.1, 0.15) is 0 Å². The predicted molar refractivity (Wildman–Crippen MR) is 90.8 cm³/mol. The molecule has 0 saturated heterocycles. The number of hydrogen-bond donors (Lipinski definition) is 3. The van der Waals surface area contributed by atoms with Crippen LogP contribution in [0.1, 0.15) is 34.6 Å². The van der Waals surface area contributed by atoms with E-state index in [2.05, 4.69) is 20.8 Å². The maximum atomic E-state index is 12.5. The first kappa shape index (κ1) is 14.4. The maximum Gasteiger partial charge on any atom is 0.272 e. The summed E-state index contributed by atoms with van der Waals surface area (Å²) >= 11 is 0. The summed E-state index contributed by atoms with van der Waals surface area (Å²) in [6.07, 6.45) is 0.383. The Hall–Kier alpha value is -3.15. The van der Waals surface area contributed by atoms with Crippen molar-refractivity contribution in [2.75, 3.05) is 5.32 Å². The van der Waals surface area contributed by atoms with Crippen LogP contribution in [0.15, 0.2) is 42.5 Å². The van der Waals surface area contributed by atoms with Crippen molar-refractivity contribution in [3.63, 3.8) is 0 Å².